The van der Waals surface area contributed by atoms with E-state index in [1.54, 1.807) is 0 Å². The molecule has 2 saturated heterocycles. The van der Waals surface area contributed by atoms with Crippen LogP contribution >= 0.6 is 0 Å². The first-order valence-corrected chi connectivity index (χ1v) is 6.46. The fraction of sp³-hybridized carbons (Fsp3) is 0.917. The minimum Gasteiger partial charge on any atom is -0.317 e. The number of nitrogens with one attached hydrogen (secondary N) is 3. The molecule has 3 atom stereocenters. The number of nitrogens with zero attached hydrogens (tertiary/aromatic N) is 1. The molecule has 0 bridgehead atoms. The summed E-state index contributed by atoms with van der Waals surface area (Å²) in [5.74, 6) is 0.741. The van der Waals surface area contributed by atoms with Gasteiger partial charge in [-0.1, -0.05) is 0 Å². The van der Waals surface area contributed by atoms with E-state index in [0.29, 0.717) is 12.0 Å². The summed E-state index contributed by atoms with van der Waals surface area (Å²) in [4.78, 5) is 0. The van der Waals surface area contributed by atoms with E-state index in [1.807, 2.05) is 0 Å². The topological polar surface area (TPSA) is 59.9 Å². The van der Waals surface area contributed by atoms with Crippen LogP contribution in [0.3, 0.4) is 0 Å². The summed E-state index contributed by atoms with van der Waals surface area (Å²) in [6, 6.07) is 2.89. The maximum atomic E-state index is 9.38. The summed E-state index contributed by atoms with van der Waals surface area (Å²) < 4.78 is 0. The molecule has 0 aromatic heterocycles. The maximum absolute atomic E-state index is 9.38. The number of hydrogen-bond donors (Lipinski definition) is 3. The Labute approximate surface area is 97.8 Å². The predicted molar refractivity (Wildman–Crippen MR) is 64.0 cm³/mol. The largest absolute Gasteiger partial charge is 0.317 e. The highest BCUT2D eigenvalue weighted by Gasteiger charge is 2.30. The molecular formula is C12H22N4. The van der Waals surface area contributed by atoms with E-state index in [0.717, 1.165) is 39.1 Å². The Bertz CT molecular complexity index is 234. The summed E-state index contributed by atoms with van der Waals surface area (Å²) in [7, 11) is 0. The van der Waals surface area contributed by atoms with E-state index in [2.05, 4.69) is 22.0 Å². The molecule has 0 aromatic rings. The lowest BCUT2D eigenvalue weighted by molar-refractivity contribution is 0.260. The van der Waals surface area contributed by atoms with Crippen LogP contribution in [-0.4, -0.2) is 38.8 Å². The fourth-order valence-electron chi connectivity index (χ4n) is 2.86. The lowest BCUT2D eigenvalue weighted by atomic mass is 9.82. The van der Waals surface area contributed by atoms with E-state index in [1.165, 1.54) is 12.8 Å². The predicted octanol–water partition coefficient (Wildman–Crippen LogP) is 0.0773. The third kappa shape index (κ3) is 2.94. The normalized spacial score (nSPS) is 33.7. The van der Waals surface area contributed by atoms with Gasteiger partial charge in [0.05, 0.1) is 12.0 Å². The minimum absolute atomic E-state index is 0.174. The van der Waals surface area contributed by atoms with Crippen molar-refractivity contribution in [2.24, 2.45) is 11.8 Å². The van der Waals surface area contributed by atoms with Gasteiger partial charge in [0, 0.05) is 25.7 Å². The van der Waals surface area contributed by atoms with Gasteiger partial charge in [-0.3, -0.25) is 0 Å². The summed E-state index contributed by atoms with van der Waals surface area (Å²) in [5, 5.41) is 19.7. The van der Waals surface area contributed by atoms with Crippen LogP contribution in [0, 0.1) is 23.2 Å². The smallest absolute Gasteiger partial charge is 0.0675 e. The summed E-state index contributed by atoms with van der Waals surface area (Å²) >= 11 is 0. The maximum Gasteiger partial charge on any atom is 0.0675 e. The Morgan fingerprint density at radius 3 is 2.75 bits per heavy atom. The van der Waals surface area contributed by atoms with Crippen LogP contribution in [0.1, 0.15) is 19.3 Å². The second-order valence-electron chi connectivity index (χ2n) is 4.86. The van der Waals surface area contributed by atoms with Crippen molar-refractivity contribution in [1.82, 2.24) is 16.0 Å². The van der Waals surface area contributed by atoms with Gasteiger partial charge < -0.3 is 16.0 Å². The average molecular weight is 222 g/mol. The van der Waals surface area contributed by atoms with Crippen LogP contribution in [0.25, 0.3) is 0 Å². The number of nitriles is 1. The Kier molecular flexibility index (Phi) is 4.58. The molecule has 16 heavy (non-hydrogen) atoms. The van der Waals surface area contributed by atoms with Crippen molar-refractivity contribution in [2.75, 3.05) is 32.7 Å². The summed E-state index contributed by atoms with van der Waals surface area (Å²) in [6.07, 6.45) is 3.56. The molecule has 0 radical (unpaired) electrons. The van der Waals surface area contributed by atoms with Gasteiger partial charge in [0.15, 0.2) is 0 Å². The molecule has 0 amide bonds. The molecule has 2 rings (SSSR count). The lowest BCUT2D eigenvalue weighted by Gasteiger charge is -2.32. The second kappa shape index (κ2) is 6.19. The Morgan fingerprint density at radius 2 is 2.00 bits per heavy atom. The Hall–Kier alpha value is -0.630. The average Bonchev–Trinajstić information content (AvgIpc) is 2.61. The molecule has 3 unspecified atom stereocenters. The van der Waals surface area contributed by atoms with Crippen molar-refractivity contribution in [3.63, 3.8) is 0 Å². The van der Waals surface area contributed by atoms with Crippen molar-refractivity contribution in [2.45, 2.75) is 25.3 Å². The van der Waals surface area contributed by atoms with Crippen molar-refractivity contribution in [1.29, 1.82) is 5.26 Å². The quantitative estimate of drug-likeness (QED) is 0.619. The molecule has 0 saturated carbocycles. The van der Waals surface area contributed by atoms with E-state index in [-0.39, 0.29) is 5.92 Å². The van der Waals surface area contributed by atoms with Crippen molar-refractivity contribution in [3.8, 4) is 6.07 Å². The fourth-order valence-corrected chi connectivity index (χ4v) is 2.86. The minimum atomic E-state index is 0.174. The van der Waals surface area contributed by atoms with Crippen LogP contribution in [0.15, 0.2) is 0 Å². The van der Waals surface area contributed by atoms with Crippen LogP contribution in [0.2, 0.25) is 0 Å². The zero-order valence-electron chi connectivity index (χ0n) is 9.84. The van der Waals surface area contributed by atoms with Crippen LogP contribution < -0.4 is 16.0 Å². The molecule has 0 spiro atoms. The zero-order chi connectivity index (χ0) is 11.2. The molecule has 4 nitrogen and oxygen atoms in total. The number of piperazine rings is 1. The molecule has 2 aliphatic rings. The molecule has 0 aromatic carbocycles. The third-order valence-corrected chi connectivity index (χ3v) is 3.78. The zero-order valence-corrected chi connectivity index (χ0v) is 9.84. The molecule has 3 N–H and O–H groups in total. The van der Waals surface area contributed by atoms with Crippen molar-refractivity contribution < 1.29 is 0 Å². The third-order valence-electron chi connectivity index (χ3n) is 3.78. The van der Waals surface area contributed by atoms with Gasteiger partial charge in [0.1, 0.15) is 0 Å². The van der Waals surface area contributed by atoms with Gasteiger partial charge in [-0.25, -0.2) is 0 Å². The second-order valence-corrected chi connectivity index (χ2v) is 4.86. The van der Waals surface area contributed by atoms with Crippen LogP contribution in [0.4, 0.5) is 0 Å². The van der Waals surface area contributed by atoms with E-state index < -0.39 is 0 Å². The molecule has 4 heteroatoms. The van der Waals surface area contributed by atoms with E-state index >= 15 is 0 Å². The molecule has 2 heterocycles. The molecule has 2 fully saturated rings. The van der Waals surface area contributed by atoms with Gasteiger partial charge in [-0.15, -0.1) is 0 Å². The van der Waals surface area contributed by atoms with Crippen molar-refractivity contribution in [3.05, 3.63) is 0 Å². The van der Waals surface area contributed by atoms with Gasteiger partial charge in [-0.2, -0.15) is 5.26 Å². The van der Waals surface area contributed by atoms with Crippen LogP contribution in [0.5, 0.6) is 0 Å². The van der Waals surface area contributed by atoms with Crippen LogP contribution in [-0.2, 0) is 0 Å². The van der Waals surface area contributed by atoms with Crippen molar-refractivity contribution >= 4 is 0 Å². The first-order chi connectivity index (χ1) is 7.92. The van der Waals surface area contributed by atoms with Gasteiger partial charge in [0.2, 0.25) is 0 Å². The lowest BCUT2D eigenvalue weighted by Crippen LogP contribution is -2.53. The highest BCUT2D eigenvalue weighted by atomic mass is 15.1. The highest BCUT2D eigenvalue weighted by Crippen LogP contribution is 2.25. The molecular weight excluding hydrogens is 200 g/mol. The first kappa shape index (κ1) is 11.8. The Balaban J connectivity index is 1.94. The van der Waals surface area contributed by atoms with Gasteiger partial charge in [0.25, 0.3) is 0 Å². The monoisotopic (exact) mass is 222 g/mol. The Morgan fingerprint density at radius 1 is 1.06 bits per heavy atom. The number of hydrogen-bond acceptors (Lipinski definition) is 4. The van der Waals surface area contributed by atoms with Gasteiger partial charge in [-0.05, 0) is 38.3 Å². The highest BCUT2D eigenvalue weighted by molar-refractivity contribution is 4.99. The number of rotatable bonds is 2. The summed E-state index contributed by atoms with van der Waals surface area (Å²) in [5.41, 5.74) is 0. The first-order valence-electron chi connectivity index (χ1n) is 6.46. The molecule has 90 valence electrons. The van der Waals surface area contributed by atoms with Gasteiger partial charge >= 0.3 is 0 Å². The standard InChI is InChI=1S/C12H22N4/c13-8-11(12-9-15-6-7-16-12)10-2-1-4-14-5-3-10/h10-12,14-16H,1-7,9H2. The molecule has 2 aliphatic heterocycles. The SMILES string of the molecule is N#CC(C1CCCNCC1)C1CNCCN1. The summed E-state index contributed by atoms with van der Waals surface area (Å²) in [6.45, 7) is 5.16. The van der Waals surface area contributed by atoms with E-state index in [4.69, 9.17) is 0 Å². The molecule has 0 aliphatic carbocycles. The van der Waals surface area contributed by atoms with E-state index in [9.17, 15) is 5.26 Å².